The van der Waals surface area contributed by atoms with Gasteiger partial charge in [-0.15, -0.1) is 0 Å². The monoisotopic (exact) mass is 333 g/mol. The molecule has 120 valence electrons. The lowest BCUT2D eigenvalue weighted by Crippen LogP contribution is -2.27. The van der Waals surface area contributed by atoms with Gasteiger partial charge >= 0.3 is 0 Å². The van der Waals surface area contributed by atoms with E-state index in [0.29, 0.717) is 29.4 Å². The Morgan fingerprint density at radius 1 is 1.17 bits per heavy atom. The number of hydrogen-bond acceptors (Lipinski definition) is 4. The fraction of sp³-hybridized carbons (Fsp3) is 0.188. The normalized spacial score (nSPS) is 10.2. The van der Waals surface area contributed by atoms with Crippen molar-refractivity contribution in [2.75, 3.05) is 25.6 Å². The van der Waals surface area contributed by atoms with Crippen LogP contribution in [-0.2, 0) is 4.74 Å². The van der Waals surface area contributed by atoms with Gasteiger partial charge in [-0.1, -0.05) is 17.7 Å². The third kappa shape index (κ3) is 5.05. The standard InChI is InChI=1S/C16H16ClN3O3/c1-23-6-5-19-15(21)11-7-12(10-18-9-11)16(22)20-14-4-2-3-13(17)8-14/h2-4,7-10H,5-6H2,1H3,(H,19,21)(H,20,22). The molecule has 0 saturated heterocycles. The van der Waals surface area contributed by atoms with E-state index in [4.69, 9.17) is 16.3 Å². The highest BCUT2D eigenvalue weighted by atomic mass is 35.5. The van der Waals surface area contributed by atoms with E-state index in [1.165, 1.54) is 18.5 Å². The first-order chi connectivity index (χ1) is 11.1. The third-order valence-corrected chi connectivity index (χ3v) is 3.17. The van der Waals surface area contributed by atoms with E-state index >= 15 is 0 Å². The van der Waals surface area contributed by atoms with Crippen molar-refractivity contribution in [3.8, 4) is 0 Å². The summed E-state index contributed by atoms with van der Waals surface area (Å²) in [5.41, 5.74) is 1.15. The molecule has 7 heteroatoms. The minimum atomic E-state index is -0.369. The largest absolute Gasteiger partial charge is 0.383 e. The topological polar surface area (TPSA) is 80.3 Å². The van der Waals surface area contributed by atoms with E-state index in [2.05, 4.69) is 15.6 Å². The molecule has 0 radical (unpaired) electrons. The van der Waals surface area contributed by atoms with Crippen molar-refractivity contribution in [1.29, 1.82) is 0 Å². The average Bonchev–Trinajstić information content (AvgIpc) is 2.55. The molecule has 2 N–H and O–H groups in total. The van der Waals surface area contributed by atoms with Crippen LogP contribution in [0.5, 0.6) is 0 Å². The Bertz CT molecular complexity index is 706. The van der Waals surface area contributed by atoms with Gasteiger partial charge in [0.05, 0.1) is 17.7 Å². The molecule has 1 aromatic heterocycles. The van der Waals surface area contributed by atoms with E-state index in [1.54, 1.807) is 31.4 Å². The van der Waals surface area contributed by atoms with E-state index < -0.39 is 0 Å². The highest BCUT2D eigenvalue weighted by Gasteiger charge is 2.11. The number of carbonyl (C=O) groups is 2. The molecule has 23 heavy (non-hydrogen) atoms. The molecule has 0 saturated carbocycles. The maximum absolute atomic E-state index is 12.2. The number of aromatic nitrogens is 1. The van der Waals surface area contributed by atoms with Gasteiger partial charge in [-0.2, -0.15) is 0 Å². The summed E-state index contributed by atoms with van der Waals surface area (Å²) in [4.78, 5) is 28.1. The molecule has 6 nitrogen and oxygen atoms in total. The van der Waals surface area contributed by atoms with Gasteiger partial charge in [0.2, 0.25) is 0 Å². The quantitative estimate of drug-likeness (QED) is 0.795. The van der Waals surface area contributed by atoms with Gasteiger partial charge < -0.3 is 15.4 Å². The fourth-order valence-electron chi connectivity index (χ4n) is 1.83. The zero-order valence-corrected chi connectivity index (χ0v) is 13.3. The summed E-state index contributed by atoms with van der Waals surface area (Å²) in [6, 6.07) is 8.28. The number of rotatable bonds is 6. The Labute approximate surface area is 138 Å². The first-order valence-electron chi connectivity index (χ1n) is 6.89. The molecule has 2 amide bonds. The van der Waals surface area contributed by atoms with Crippen molar-refractivity contribution in [3.05, 3.63) is 58.9 Å². The van der Waals surface area contributed by atoms with Crippen molar-refractivity contribution in [1.82, 2.24) is 10.3 Å². The van der Waals surface area contributed by atoms with Crippen LogP contribution in [0.4, 0.5) is 5.69 Å². The van der Waals surface area contributed by atoms with E-state index in [-0.39, 0.29) is 17.4 Å². The molecular weight excluding hydrogens is 318 g/mol. The number of nitrogens with one attached hydrogen (secondary N) is 2. The average molecular weight is 334 g/mol. The molecule has 0 unspecified atom stereocenters. The molecule has 0 aliphatic carbocycles. The molecule has 1 aromatic carbocycles. The third-order valence-electron chi connectivity index (χ3n) is 2.94. The van der Waals surface area contributed by atoms with Crippen LogP contribution in [0.2, 0.25) is 5.02 Å². The van der Waals surface area contributed by atoms with E-state index in [1.807, 2.05) is 0 Å². The Hall–Kier alpha value is -2.44. The summed E-state index contributed by atoms with van der Waals surface area (Å²) < 4.78 is 4.86. The van der Waals surface area contributed by atoms with Crippen LogP contribution in [-0.4, -0.2) is 37.1 Å². The van der Waals surface area contributed by atoms with Crippen LogP contribution in [0.15, 0.2) is 42.7 Å². The van der Waals surface area contributed by atoms with Crippen molar-refractivity contribution >= 4 is 29.1 Å². The molecule has 0 aliphatic rings. The number of anilines is 1. The van der Waals surface area contributed by atoms with Gasteiger partial charge in [0.15, 0.2) is 0 Å². The Morgan fingerprint density at radius 2 is 1.91 bits per heavy atom. The van der Waals surface area contributed by atoms with Crippen LogP contribution in [0.3, 0.4) is 0 Å². The molecule has 1 heterocycles. The Morgan fingerprint density at radius 3 is 2.61 bits per heavy atom. The summed E-state index contributed by atoms with van der Waals surface area (Å²) in [7, 11) is 1.55. The van der Waals surface area contributed by atoms with Crippen LogP contribution >= 0.6 is 11.6 Å². The number of nitrogens with zero attached hydrogens (tertiary/aromatic N) is 1. The molecule has 0 spiro atoms. The summed E-state index contributed by atoms with van der Waals surface area (Å²) in [5.74, 6) is -0.682. The molecule has 0 atom stereocenters. The summed E-state index contributed by atoms with van der Waals surface area (Å²) in [6.45, 7) is 0.794. The summed E-state index contributed by atoms with van der Waals surface area (Å²) in [5, 5.41) is 5.89. The first-order valence-corrected chi connectivity index (χ1v) is 7.27. The molecule has 0 fully saturated rings. The summed E-state index contributed by atoms with van der Waals surface area (Å²) in [6.07, 6.45) is 2.80. The Balaban J connectivity index is 2.06. The SMILES string of the molecule is COCCNC(=O)c1cncc(C(=O)Nc2cccc(Cl)c2)c1. The highest BCUT2D eigenvalue weighted by Crippen LogP contribution is 2.16. The number of halogens is 1. The van der Waals surface area contributed by atoms with Crippen LogP contribution < -0.4 is 10.6 Å². The molecule has 2 aromatic rings. The van der Waals surface area contributed by atoms with Crippen LogP contribution in [0, 0.1) is 0 Å². The van der Waals surface area contributed by atoms with Gasteiger partial charge in [0, 0.05) is 36.8 Å². The number of carbonyl (C=O) groups excluding carboxylic acids is 2. The van der Waals surface area contributed by atoms with Crippen LogP contribution in [0.1, 0.15) is 20.7 Å². The van der Waals surface area contributed by atoms with Crippen molar-refractivity contribution in [2.24, 2.45) is 0 Å². The zero-order chi connectivity index (χ0) is 16.7. The minimum absolute atomic E-state index is 0.282. The van der Waals surface area contributed by atoms with E-state index in [0.717, 1.165) is 0 Å². The predicted octanol–water partition coefficient (Wildman–Crippen LogP) is 2.36. The van der Waals surface area contributed by atoms with Crippen LogP contribution in [0.25, 0.3) is 0 Å². The van der Waals surface area contributed by atoms with E-state index in [9.17, 15) is 9.59 Å². The highest BCUT2D eigenvalue weighted by molar-refractivity contribution is 6.31. The van der Waals surface area contributed by atoms with Gasteiger partial charge in [-0.3, -0.25) is 14.6 Å². The lowest BCUT2D eigenvalue weighted by Gasteiger charge is -2.07. The number of amides is 2. The molecule has 2 rings (SSSR count). The fourth-order valence-corrected chi connectivity index (χ4v) is 2.02. The lowest BCUT2D eigenvalue weighted by atomic mass is 10.2. The second kappa shape index (κ2) is 8.26. The lowest BCUT2D eigenvalue weighted by molar-refractivity contribution is 0.0936. The van der Waals surface area contributed by atoms with Gasteiger partial charge in [0.25, 0.3) is 11.8 Å². The minimum Gasteiger partial charge on any atom is -0.383 e. The van der Waals surface area contributed by atoms with Gasteiger partial charge in [-0.05, 0) is 24.3 Å². The zero-order valence-electron chi connectivity index (χ0n) is 12.5. The van der Waals surface area contributed by atoms with Crippen molar-refractivity contribution in [3.63, 3.8) is 0 Å². The molecular formula is C16H16ClN3O3. The number of pyridine rings is 1. The van der Waals surface area contributed by atoms with Crippen molar-refractivity contribution in [2.45, 2.75) is 0 Å². The number of methoxy groups -OCH3 is 1. The summed E-state index contributed by atoms with van der Waals surface area (Å²) >= 11 is 5.87. The molecule has 0 aliphatic heterocycles. The molecule has 0 bridgehead atoms. The second-order valence-electron chi connectivity index (χ2n) is 4.68. The Kier molecular flexibility index (Phi) is 6.08. The number of hydrogen-bond donors (Lipinski definition) is 2. The maximum atomic E-state index is 12.2. The second-order valence-corrected chi connectivity index (χ2v) is 5.11. The maximum Gasteiger partial charge on any atom is 0.257 e. The number of benzene rings is 1. The van der Waals surface area contributed by atoms with Gasteiger partial charge in [0.1, 0.15) is 0 Å². The smallest absolute Gasteiger partial charge is 0.257 e. The van der Waals surface area contributed by atoms with Crippen molar-refractivity contribution < 1.29 is 14.3 Å². The predicted molar refractivity (Wildman–Crippen MR) is 87.9 cm³/mol. The number of ether oxygens (including phenoxy) is 1. The van der Waals surface area contributed by atoms with Gasteiger partial charge in [-0.25, -0.2) is 0 Å². The first kappa shape index (κ1) is 16.9.